The van der Waals surface area contributed by atoms with Crippen LogP contribution in [0.2, 0.25) is 0 Å². The first-order chi connectivity index (χ1) is 9.86. The predicted octanol–water partition coefficient (Wildman–Crippen LogP) is 4.03. The van der Waals surface area contributed by atoms with Crippen molar-refractivity contribution >= 4 is 23.6 Å². The van der Waals surface area contributed by atoms with Gasteiger partial charge in [0.1, 0.15) is 0 Å². The molecule has 0 unspecified atom stereocenters. The minimum absolute atomic E-state index is 0.285. The molecule has 1 aromatic carbocycles. The van der Waals surface area contributed by atoms with Crippen LogP contribution in [0.1, 0.15) is 25.6 Å². The Hall–Kier alpha value is -2.15. The minimum Gasteiger partial charge on any atom is -0.465 e. The van der Waals surface area contributed by atoms with Crippen molar-refractivity contribution in [2.75, 3.05) is 7.11 Å². The molecule has 0 saturated heterocycles. The highest BCUT2D eigenvalue weighted by Crippen LogP contribution is 2.36. The second-order valence-corrected chi connectivity index (χ2v) is 5.18. The molecule has 0 radical (unpaired) electrons. The summed E-state index contributed by atoms with van der Waals surface area (Å²) in [6.07, 6.45) is -4.05. The number of carbonyl (C=O) groups is 2. The fourth-order valence-electron chi connectivity index (χ4n) is 1.79. The molecule has 2 aromatic rings. The van der Waals surface area contributed by atoms with Crippen molar-refractivity contribution in [3.8, 4) is 10.4 Å². The van der Waals surface area contributed by atoms with Crippen molar-refractivity contribution in [2.45, 2.75) is 6.18 Å². The van der Waals surface area contributed by atoms with Gasteiger partial charge in [-0.2, -0.15) is 13.2 Å². The summed E-state index contributed by atoms with van der Waals surface area (Å²) in [5.74, 6) is -1.05. The SMILES string of the molecule is COC(=O)c1ccc(-c2ccc(C=O)s2)cc1C(F)(F)F. The molecule has 0 fully saturated rings. The van der Waals surface area contributed by atoms with E-state index in [9.17, 15) is 22.8 Å². The van der Waals surface area contributed by atoms with Crippen molar-refractivity contribution in [2.24, 2.45) is 0 Å². The van der Waals surface area contributed by atoms with E-state index in [0.717, 1.165) is 30.6 Å². The highest BCUT2D eigenvalue weighted by atomic mass is 32.1. The third-order valence-electron chi connectivity index (χ3n) is 2.76. The first-order valence-corrected chi connectivity index (χ1v) is 6.53. The Morgan fingerprint density at radius 1 is 1.24 bits per heavy atom. The molecule has 0 aliphatic carbocycles. The lowest BCUT2D eigenvalue weighted by Crippen LogP contribution is -2.14. The Kier molecular flexibility index (Phi) is 4.13. The van der Waals surface area contributed by atoms with Crippen LogP contribution in [-0.2, 0) is 10.9 Å². The Morgan fingerprint density at radius 3 is 2.48 bits per heavy atom. The molecule has 1 heterocycles. The van der Waals surface area contributed by atoms with Crippen LogP contribution >= 0.6 is 11.3 Å². The maximum Gasteiger partial charge on any atom is 0.417 e. The minimum atomic E-state index is -4.68. The molecule has 3 nitrogen and oxygen atoms in total. The van der Waals surface area contributed by atoms with Gasteiger partial charge in [0.15, 0.2) is 6.29 Å². The molecule has 0 saturated carbocycles. The number of carbonyl (C=O) groups excluding carboxylic acids is 2. The number of benzene rings is 1. The van der Waals surface area contributed by atoms with E-state index < -0.39 is 23.3 Å². The first kappa shape index (κ1) is 15.2. The molecule has 0 amide bonds. The highest BCUT2D eigenvalue weighted by molar-refractivity contribution is 7.17. The van der Waals surface area contributed by atoms with Crippen molar-refractivity contribution < 1.29 is 27.5 Å². The summed E-state index contributed by atoms with van der Waals surface area (Å²) in [4.78, 5) is 23.0. The topological polar surface area (TPSA) is 43.4 Å². The zero-order valence-corrected chi connectivity index (χ0v) is 11.5. The largest absolute Gasteiger partial charge is 0.465 e. The van der Waals surface area contributed by atoms with Crippen LogP contribution in [0.25, 0.3) is 10.4 Å². The summed E-state index contributed by atoms with van der Waals surface area (Å²) in [6.45, 7) is 0. The molecule has 7 heteroatoms. The van der Waals surface area contributed by atoms with E-state index in [0.29, 0.717) is 16.0 Å². The van der Waals surface area contributed by atoms with E-state index in [-0.39, 0.29) is 5.56 Å². The normalized spacial score (nSPS) is 11.2. The van der Waals surface area contributed by atoms with E-state index in [1.54, 1.807) is 6.07 Å². The quantitative estimate of drug-likeness (QED) is 0.634. The van der Waals surface area contributed by atoms with Crippen molar-refractivity contribution in [1.82, 2.24) is 0 Å². The smallest absolute Gasteiger partial charge is 0.417 e. The molecular formula is C14H9F3O3S. The fraction of sp³-hybridized carbons (Fsp3) is 0.143. The molecule has 0 aliphatic rings. The highest BCUT2D eigenvalue weighted by Gasteiger charge is 2.36. The molecule has 2 rings (SSSR count). The van der Waals surface area contributed by atoms with Gasteiger partial charge < -0.3 is 4.74 Å². The first-order valence-electron chi connectivity index (χ1n) is 5.71. The number of aldehydes is 1. The lowest BCUT2D eigenvalue weighted by atomic mass is 10.0. The maximum absolute atomic E-state index is 13.1. The number of esters is 1. The molecule has 0 aliphatic heterocycles. The molecular weight excluding hydrogens is 305 g/mol. The van der Waals surface area contributed by atoms with Gasteiger partial charge in [0.05, 0.1) is 23.1 Å². The van der Waals surface area contributed by atoms with Crippen molar-refractivity contribution in [3.05, 3.63) is 46.3 Å². The molecule has 21 heavy (non-hydrogen) atoms. The van der Waals surface area contributed by atoms with E-state index in [1.807, 2.05) is 0 Å². The van der Waals surface area contributed by atoms with Gasteiger partial charge >= 0.3 is 12.1 Å². The van der Waals surface area contributed by atoms with Crippen LogP contribution in [0, 0.1) is 0 Å². The average Bonchev–Trinajstić information content (AvgIpc) is 2.93. The van der Waals surface area contributed by atoms with Gasteiger partial charge in [0.25, 0.3) is 0 Å². The molecule has 110 valence electrons. The zero-order chi connectivity index (χ0) is 15.6. The van der Waals surface area contributed by atoms with Gasteiger partial charge in [-0.05, 0) is 29.8 Å². The van der Waals surface area contributed by atoms with Gasteiger partial charge in [0.2, 0.25) is 0 Å². The van der Waals surface area contributed by atoms with Crippen LogP contribution in [-0.4, -0.2) is 19.4 Å². The second-order valence-electron chi connectivity index (χ2n) is 4.07. The third kappa shape index (κ3) is 3.13. The maximum atomic E-state index is 13.1. The molecule has 0 atom stereocenters. The zero-order valence-electron chi connectivity index (χ0n) is 10.7. The van der Waals surface area contributed by atoms with Crippen LogP contribution in [0.15, 0.2) is 30.3 Å². The fourth-order valence-corrected chi connectivity index (χ4v) is 2.61. The molecule has 0 spiro atoms. The lowest BCUT2D eigenvalue weighted by Gasteiger charge is -2.12. The lowest BCUT2D eigenvalue weighted by molar-refractivity contribution is -0.138. The Bertz CT molecular complexity index is 689. The Morgan fingerprint density at radius 2 is 1.95 bits per heavy atom. The van der Waals surface area contributed by atoms with Gasteiger partial charge in [-0.15, -0.1) is 11.3 Å². The number of rotatable bonds is 3. The summed E-state index contributed by atoms with van der Waals surface area (Å²) in [5, 5.41) is 0. The van der Waals surface area contributed by atoms with Gasteiger partial charge in [-0.3, -0.25) is 4.79 Å². The van der Waals surface area contributed by atoms with Crippen LogP contribution in [0.4, 0.5) is 13.2 Å². The molecule has 0 N–H and O–H groups in total. The summed E-state index contributed by atoms with van der Waals surface area (Å²) < 4.78 is 43.5. The average molecular weight is 314 g/mol. The van der Waals surface area contributed by atoms with E-state index in [2.05, 4.69) is 4.74 Å². The summed E-state index contributed by atoms with van der Waals surface area (Å²) in [6, 6.07) is 6.43. The number of hydrogen-bond donors (Lipinski definition) is 0. The monoisotopic (exact) mass is 314 g/mol. The Balaban J connectivity index is 2.56. The second kappa shape index (κ2) is 5.69. The third-order valence-corrected chi connectivity index (χ3v) is 3.82. The van der Waals surface area contributed by atoms with Crippen molar-refractivity contribution in [3.63, 3.8) is 0 Å². The number of thiophene rings is 1. The van der Waals surface area contributed by atoms with Crippen LogP contribution < -0.4 is 0 Å². The summed E-state index contributed by atoms with van der Waals surface area (Å²) in [5.41, 5.74) is -1.32. The Labute approximate surface area is 122 Å². The molecule has 0 bridgehead atoms. The number of methoxy groups -OCH3 is 1. The van der Waals surface area contributed by atoms with Gasteiger partial charge in [-0.1, -0.05) is 6.07 Å². The van der Waals surface area contributed by atoms with Crippen LogP contribution in [0.5, 0.6) is 0 Å². The summed E-state index contributed by atoms with van der Waals surface area (Å²) in [7, 11) is 1.02. The number of halogens is 3. The summed E-state index contributed by atoms with van der Waals surface area (Å²) >= 11 is 1.07. The van der Waals surface area contributed by atoms with E-state index in [4.69, 9.17) is 0 Å². The van der Waals surface area contributed by atoms with Crippen LogP contribution in [0.3, 0.4) is 0 Å². The van der Waals surface area contributed by atoms with Crippen molar-refractivity contribution in [1.29, 1.82) is 0 Å². The predicted molar refractivity (Wildman–Crippen MR) is 71.5 cm³/mol. The van der Waals surface area contributed by atoms with Gasteiger partial charge in [-0.25, -0.2) is 4.79 Å². The van der Waals surface area contributed by atoms with E-state index >= 15 is 0 Å². The number of hydrogen-bond acceptors (Lipinski definition) is 4. The number of alkyl halides is 3. The molecule has 1 aromatic heterocycles. The number of ether oxygens (including phenoxy) is 1. The standard InChI is InChI=1S/C14H9F3O3S/c1-20-13(19)10-4-2-8(6-11(10)14(15,16)17)12-5-3-9(7-18)21-12/h2-7H,1H3. The van der Waals surface area contributed by atoms with Gasteiger partial charge in [0, 0.05) is 4.88 Å². The van der Waals surface area contributed by atoms with E-state index in [1.165, 1.54) is 12.1 Å².